The van der Waals surface area contributed by atoms with Crippen LogP contribution in [0.25, 0.3) is 0 Å². The van der Waals surface area contributed by atoms with Gasteiger partial charge in [0.15, 0.2) is 0 Å². The van der Waals surface area contributed by atoms with Gasteiger partial charge in [0.2, 0.25) is 0 Å². The van der Waals surface area contributed by atoms with Crippen molar-refractivity contribution in [2.75, 3.05) is 4.90 Å². The standard InChI is InChI=1S/C16H13BrFNO2/c17-15-11(5-3-6-12(15)18)9-19-13-7-2-1-4-10(13)8-14(19)16(20)21/h1-7,14H,8-9H2,(H,20,21). The number of nitrogens with zero attached hydrogens (tertiary/aromatic N) is 1. The number of benzene rings is 2. The Morgan fingerprint density at radius 3 is 2.81 bits per heavy atom. The number of carboxylic acids is 1. The highest BCUT2D eigenvalue weighted by Gasteiger charge is 2.34. The first-order valence-electron chi connectivity index (χ1n) is 6.58. The molecule has 0 bridgehead atoms. The van der Waals surface area contributed by atoms with Crippen LogP contribution in [-0.4, -0.2) is 17.1 Å². The zero-order chi connectivity index (χ0) is 15.0. The number of rotatable bonds is 3. The average molecular weight is 350 g/mol. The molecular weight excluding hydrogens is 337 g/mol. The van der Waals surface area contributed by atoms with E-state index < -0.39 is 12.0 Å². The van der Waals surface area contributed by atoms with Gasteiger partial charge in [-0.3, -0.25) is 0 Å². The summed E-state index contributed by atoms with van der Waals surface area (Å²) in [5.74, 6) is -1.20. The van der Waals surface area contributed by atoms with Gasteiger partial charge in [-0.25, -0.2) is 9.18 Å². The fraction of sp³-hybridized carbons (Fsp3) is 0.188. The van der Waals surface area contributed by atoms with Gasteiger partial charge >= 0.3 is 5.97 Å². The van der Waals surface area contributed by atoms with Gasteiger partial charge in [-0.2, -0.15) is 0 Å². The minimum Gasteiger partial charge on any atom is -0.480 e. The molecule has 108 valence electrons. The Bertz CT molecular complexity index is 704. The Labute approximate surface area is 130 Å². The molecule has 0 fully saturated rings. The van der Waals surface area contributed by atoms with E-state index in [2.05, 4.69) is 15.9 Å². The summed E-state index contributed by atoms with van der Waals surface area (Å²) in [6.07, 6.45) is 0.471. The maximum absolute atomic E-state index is 13.6. The fourth-order valence-corrected chi connectivity index (χ4v) is 3.11. The van der Waals surface area contributed by atoms with Crippen molar-refractivity contribution in [2.45, 2.75) is 19.0 Å². The highest BCUT2D eigenvalue weighted by molar-refractivity contribution is 9.10. The zero-order valence-corrected chi connectivity index (χ0v) is 12.7. The number of fused-ring (bicyclic) bond motifs is 1. The van der Waals surface area contributed by atoms with E-state index in [4.69, 9.17) is 0 Å². The molecule has 0 radical (unpaired) electrons. The largest absolute Gasteiger partial charge is 0.480 e. The van der Waals surface area contributed by atoms with Crippen LogP contribution in [0.3, 0.4) is 0 Å². The number of carbonyl (C=O) groups is 1. The molecule has 1 N–H and O–H groups in total. The molecule has 1 heterocycles. The predicted molar refractivity (Wildman–Crippen MR) is 81.9 cm³/mol. The maximum atomic E-state index is 13.6. The van der Waals surface area contributed by atoms with E-state index in [0.29, 0.717) is 17.4 Å². The van der Waals surface area contributed by atoms with E-state index in [9.17, 15) is 14.3 Å². The molecule has 0 saturated carbocycles. The lowest BCUT2D eigenvalue weighted by Crippen LogP contribution is -2.38. The lowest BCUT2D eigenvalue weighted by molar-refractivity contribution is -0.138. The van der Waals surface area contributed by atoms with Crippen LogP contribution >= 0.6 is 15.9 Å². The normalized spacial score (nSPS) is 16.9. The molecule has 0 spiro atoms. The Kier molecular flexibility index (Phi) is 3.68. The van der Waals surface area contributed by atoms with Crippen molar-refractivity contribution in [3.05, 3.63) is 63.9 Å². The minimum absolute atomic E-state index is 0.341. The lowest BCUT2D eigenvalue weighted by atomic mass is 10.1. The molecule has 0 aliphatic carbocycles. The molecule has 2 aromatic carbocycles. The van der Waals surface area contributed by atoms with E-state index in [-0.39, 0.29) is 5.82 Å². The van der Waals surface area contributed by atoms with Crippen LogP contribution in [0.15, 0.2) is 46.9 Å². The van der Waals surface area contributed by atoms with Crippen LogP contribution in [0.5, 0.6) is 0 Å². The van der Waals surface area contributed by atoms with Crippen molar-refractivity contribution < 1.29 is 14.3 Å². The molecule has 3 nitrogen and oxygen atoms in total. The molecule has 0 aromatic heterocycles. The second kappa shape index (κ2) is 5.48. The van der Waals surface area contributed by atoms with E-state index in [1.807, 2.05) is 29.2 Å². The van der Waals surface area contributed by atoms with E-state index in [0.717, 1.165) is 16.8 Å². The minimum atomic E-state index is -0.862. The number of anilines is 1. The number of aliphatic carboxylic acids is 1. The molecular formula is C16H13BrFNO2. The summed E-state index contributed by atoms with van der Waals surface area (Å²) in [5.41, 5.74) is 2.65. The third-order valence-corrected chi connectivity index (χ3v) is 4.64. The maximum Gasteiger partial charge on any atom is 0.326 e. The first-order chi connectivity index (χ1) is 10.1. The van der Waals surface area contributed by atoms with Gasteiger partial charge in [0.05, 0.1) is 4.47 Å². The summed E-state index contributed by atoms with van der Waals surface area (Å²) in [6.45, 7) is 0.353. The van der Waals surface area contributed by atoms with Crippen LogP contribution in [0.1, 0.15) is 11.1 Å². The first kappa shape index (κ1) is 14.1. The van der Waals surface area contributed by atoms with Gasteiger partial charge in [-0.05, 0) is 39.2 Å². The summed E-state index contributed by atoms with van der Waals surface area (Å²) in [5, 5.41) is 9.43. The number of para-hydroxylation sites is 1. The summed E-state index contributed by atoms with van der Waals surface area (Å²) < 4.78 is 14.0. The van der Waals surface area contributed by atoms with Crippen molar-refractivity contribution in [2.24, 2.45) is 0 Å². The molecule has 0 saturated heterocycles. The zero-order valence-electron chi connectivity index (χ0n) is 11.1. The van der Waals surface area contributed by atoms with Crippen LogP contribution in [0, 0.1) is 5.82 Å². The summed E-state index contributed by atoms with van der Waals surface area (Å²) >= 11 is 3.24. The van der Waals surface area contributed by atoms with Crippen molar-refractivity contribution in [1.82, 2.24) is 0 Å². The van der Waals surface area contributed by atoms with Crippen molar-refractivity contribution >= 4 is 27.6 Å². The second-order valence-electron chi connectivity index (χ2n) is 5.03. The van der Waals surface area contributed by atoms with Gasteiger partial charge < -0.3 is 10.0 Å². The summed E-state index contributed by atoms with van der Waals surface area (Å²) in [6, 6.07) is 11.8. The van der Waals surface area contributed by atoms with Crippen LogP contribution < -0.4 is 4.90 Å². The van der Waals surface area contributed by atoms with E-state index in [1.54, 1.807) is 12.1 Å². The van der Waals surface area contributed by atoms with Gasteiger partial charge in [-0.1, -0.05) is 30.3 Å². The quantitative estimate of drug-likeness (QED) is 0.920. The molecule has 21 heavy (non-hydrogen) atoms. The van der Waals surface area contributed by atoms with Gasteiger partial charge in [0.25, 0.3) is 0 Å². The first-order valence-corrected chi connectivity index (χ1v) is 7.37. The van der Waals surface area contributed by atoms with Gasteiger partial charge in [0, 0.05) is 18.7 Å². The lowest BCUT2D eigenvalue weighted by Gasteiger charge is -2.25. The third kappa shape index (κ3) is 2.53. The van der Waals surface area contributed by atoms with E-state index >= 15 is 0 Å². The second-order valence-corrected chi connectivity index (χ2v) is 5.82. The molecule has 1 aliphatic heterocycles. The third-order valence-electron chi connectivity index (χ3n) is 3.75. The molecule has 1 atom stereocenters. The SMILES string of the molecule is O=C(O)C1Cc2ccccc2N1Cc1cccc(F)c1Br. The highest BCUT2D eigenvalue weighted by Crippen LogP contribution is 2.34. The number of carboxylic acid groups (broad SMARTS) is 1. The fourth-order valence-electron chi connectivity index (χ4n) is 2.72. The Balaban J connectivity index is 1.98. The van der Waals surface area contributed by atoms with Crippen molar-refractivity contribution in [3.63, 3.8) is 0 Å². The van der Waals surface area contributed by atoms with Crippen molar-refractivity contribution in [1.29, 1.82) is 0 Å². The Morgan fingerprint density at radius 2 is 2.05 bits per heavy atom. The summed E-state index contributed by atoms with van der Waals surface area (Å²) in [7, 11) is 0. The topological polar surface area (TPSA) is 40.5 Å². The molecule has 3 rings (SSSR count). The number of hydrogen-bond donors (Lipinski definition) is 1. The monoisotopic (exact) mass is 349 g/mol. The molecule has 0 amide bonds. The van der Waals surface area contributed by atoms with Gasteiger partial charge in [-0.15, -0.1) is 0 Å². The smallest absolute Gasteiger partial charge is 0.326 e. The van der Waals surface area contributed by atoms with Crippen LogP contribution in [-0.2, 0) is 17.8 Å². The van der Waals surface area contributed by atoms with Crippen LogP contribution in [0.4, 0.5) is 10.1 Å². The van der Waals surface area contributed by atoms with Crippen molar-refractivity contribution in [3.8, 4) is 0 Å². The van der Waals surface area contributed by atoms with Gasteiger partial charge in [0.1, 0.15) is 11.9 Å². The number of halogens is 2. The number of hydrogen-bond acceptors (Lipinski definition) is 2. The molecule has 2 aromatic rings. The molecule has 1 unspecified atom stereocenters. The average Bonchev–Trinajstić information content (AvgIpc) is 2.83. The summed E-state index contributed by atoms with van der Waals surface area (Å²) in [4.78, 5) is 13.3. The predicted octanol–water partition coefficient (Wildman–Crippen LogP) is 3.60. The molecule has 1 aliphatic rings. The molecule has 5 heteroatoms. The Morgan fingerprint density at radius 1 is 1.29 bits per heavy atom. The Hall–Kier alpha value is -1.88. The van der Waals surface area contributed by atoms with E-state index in [1.165, 1.54) is 6.07 Å². The van der Waals surface area contributed by atoms with Crippen LogP contribution in [0.2, 0.25) is 0 Å². The highest BCUT2D eigenvalue weighted by atomic mass is 79.9.